The van der Waals surface area contributed by atoms with Gasteiger partial charge in [-0.15, -0.1) is 0 Å². The topological polar surface area (TPSA) is 84.3 Å². The number of anilines is 1. The molecule has 0 bridgehead atoms. The predicted molar refractivity (Wildman–Crippen MR) is 93.1 cm³/mol. The minimum atomic E-state index is -0.506. The number of hydrogen-bond acceptors (Lipinski definition) is 4. The first-order chi connectivity index (χ1) is 11.0. The third-order valence-corrected chi connectivity index (χ3v) is 3.80. The molecule has 2 N–H and O–H groups in total. The average Bonchev–Trinajstić information content (AvgIpc) is 2.52. The molecule has 0 aliphatic rings. The van der Waals surface area contributed by atoms with Gasteiger partial charge in [-0.1, -0.05) is 39.7 Å². The van der Waals surface area contributed by atoms with Crippen LogP contribution in [-0.2, 0) is 0 Å². The number of nitro groups is 1. The molecule has 0 aliphatic carbocycles. The lowest BCUT2D eigenvalue weighted by atomic mass is 10.2. The van der Waals surface area contributed by atoms with Gasteiger partial charge in [-0.3, -0.25) is 14.9 Å². The van der Waals surface area contributed by atoms with Gasteiger partial charge in [0.05, 0.1) is 9.95 Å². The Labute approximate surface area is 146 Å². The van der Waals surface area contributed by atoms with E-state index in [2.05, 4.69) is 26.6 Å². The Morgan fingerprint density at radius 1 is 1.22 bits per heavy atom. The summed E-state index contributed by atoms with van der Waals surface area (Å²) in [6.45, 7) is 0.609. The lowest BCUT2D eigenvalue weighted by Crippen LogP contribution is -2.28. The molecule has 0 saturated heterocycles. The highest BCUT2D eigenvalue weighted by Crippen LogP contribution is 2.31. The minimum Gasteiger partial charge on any atom is -0.376 e. The van der Waals surface area contributed by atoms with E-state index < -0.39 is 4.92 Å². The van der Waals surface area contributed by atoms with E-state index in [0.717, 1.165) is 4.47 Å². The van der Waals surface area contributed by atoms with E-state index in [1.54, 1.807) is 24.3 Å². The van der Waals surface area contributed by atoms with Crippen LogP contribution in [0.3, 0.4) is 0 Å². The van der Waals surface area contributed by atoms with Crippen molar-refractivity contribution in [3.05, 3.63) is 67.6 Å². The summed E-state index contributed by atoms with van der Waals surface area (Å²) in [7, 11) is 0. The van der Waals surface area contributed by atoms with E-state index in [1.165, 1.54) is 12.1 Å². The van der Waals surface area contributed by atoms with Crippen molar-refractivity contribution < 1.29 is 9.72 Å². The van der Waals surface area contributed by atoms with Crippen molar-refractivity contribution in [3.63, 3.8) is 0 Å². The van der Waals surface area contributed by atoms with Gasteiger partial charge < -0.3 is 10.6 Å². The lowest BCUT2D eigenvalue weighted by Gasteiger charge is -2.10. The van der Waals surface area contributed by atoms with Crippen molar-refractivity contribution in [2.45, 2.75) is 0 Å². The van der Waals surface area contributed by atoms with Crippen molar-refractivity contribution in [2.75, 3.05) is 18.4 Å². The Hall–Kier alpha value is -2.12. The standard InChI is InChI=1S/C15H13BrClN3O3/c16-11-4-1-3-10(9-11)15(21)19-8-7-18-14-12(17)5-2-6-13(14)20(22)23/h1-6,9,18H,7-8H2,(H,19,21). The summed E-state index contributed by atoms with van der Waals surface area (Å²) in [5.41, 5.74) is 0.676. The maximum atomic E-state index is 12.0. The summed E-state index contributed by atoms with van der Waals surface area (Å²) < 4.78 is 0.815. The first kappa shape index (κ1) is 17.2. The molecule has 0 atom stereocenters. The van der Waals surface area contributed by atoms with Gasteiger partial charge in [-0.25, -0.2) is 0 Å². The molecular formula is C15H13BrClN3O3. The molecule has 0 saturated carbocycles. The number of rotatable bonds is 6. The second-order valence-electron chi connectivity index (χ2n) is 4.58. The molecule has 2 aromatic carbocycles. The van der Waals surface area contributed by atoms with Gasteiger partial charge in [-0.05, 0) is 24.3 Å². The number of hydrogen-bond donors (Lipinski definition) is 2. The monoisotopic (exact) mass is 397 g/mol. The van der Waals surface area contributed by atoms with E-state index >= 15 is 0 Å². The fourth-order valence-electron chi connectivity index (χ4n) is 1.94. The normalized spacial score (nSPS) is 10.2. The van der Waals surface area contributed by atoms with Crippen molar-refractivity contribution in [2.24, 2.45) is 0 Å². The van der Waals surface area contributed by atoms with Gasteiger partial charge in [-0.2, -0.15) is 0 Å². The van der Waals surface area contributed by atoms with Crippen LogP contribution < -0.4 is 10.6 Å². The number of amides is 1. The highest BCUT2D eigenvalue weighted by molar-refractivity contribution is 9.10. The summed E-state index contributed by atoms with van der Waals surface area (Å²) >= 11 is 9.27. The predicted octanol–water partition coefficient (Wildman–Crippen LogP) is 3.85. The van der Waals surface area contributed by atoms with Crippen molar-refractivity contribution in [1.29, 1.82) is 0 Å². The molecule has 0 aromatic heterocycles. The zero-order valence-corrected chi connectivity index (χ0v) is 14.2. The molecule has 0 aliphatic heterocycles. The zero-order chi connectivity index (χ0) is 16.8. The number of nitrogens with one attached hydrogen (secondary N) is 2. The second kappa shape index (κ2) is 7.94. The summed E-state index contributed by atoms with van der Waals surface area (Å²) in [6.07, 6.45) is 0. The molecule has 2 rings (SSSR count). The Bertz CT molecular complexity index is 740. The Kier molecular flexibility index (Phi) is 5.95. The van der Waals surface area contributed by atoms with Crippen LogP contribution in [0.15, 0.2) is 46.9 Å². The first-order valence-electron chi connectivity index (χ1n) is 6.69. The zero-order valence-electron chi connectivity index (χ0n) is 11.9. The quantitative estimate of drug-likeness (QED) is 0.440. The number of nitrogens with zero attached hydrogens (tertiary/aromatic N) is 1. The number of carbonyl (C=O) groups is 1. The highest BCUT2D eigenvalue weighted by Gasteiger charge is 2.16. The lowest BCUT2D eigenvalue weighted by molar-refractivity contribution is -0.383. The van der Waals surface area contributed by atoms with Gasteiger partial charge in [0.25, 0.3) is 11.6 Å². The smallest absolute Gasteiger partial charge is 0.293 e. The molecule has 6 nitrogen and oxygen atoms in total. The van der Waals surface area contributed by atoms with Crippen LogP contribution in [0.25, 0.3) is 0 Å². The number of benzene rings is 2. The summed E-state index contributed by atoms with van der Waals surface area (Å²) in [6, 6.07) is 11.5. The number of halogens is 2. The van der Waals surface area contributed by atoms with Crippen molar-refractivity contribution in [3.8, 4) is 0 Å². The molecule has 0 radical (unpaired) electrons. The summed E-state index contributed by atoms with van der Waals surface area (Å²) in [5.74, 6) is -0.221. The van der Waals surface area contributed by atoms with Crippen molar-refractivity contribution >= 4 is 44.8 Å². The molecular weight excluding hydrogens is 386 g/mol. The van der Waals surface area contributed by atoms with Crippen LogP contribution in [0.1, 0.15) is 10.4 Å². The first-order valence-corrected chi connectivity index (χ1v) is 7.86. The maximum Gasteiger partial charge on any atom is 0.293 e. The van der Waals surface area contributed by atoms with Gasteiger partial charge in [0, 0.05) is 29.2 Å². The Morgan fingerprint density at radius 3 is 2.65 bits per heavy atom. The third-order valence-electron chi connectivity index (χ3n) is 2.99. The van der Waals surface area contributed by atoms with Crippen molar-refractivity contribution in [1.82, 2.24) is 5.32 Å². The largest absolute Gasteiger partial charge is 0.376 e. The molecule has 120 valence electrons. The SMILES string of the molecule is O=C(NCCNc1c(Cl)cccc1[N+](=O)[O-])c1cccc(Br)c1. The van der Waals surface area contributed by atoms with Crippen LogP contribution in [0.2, 0.25) is 5.02 Å². The third kappa shape index (κ3) is 4.67. The Morgan fingerprint density at radius 2 is 1.96 bits per heavy atom. The molecule has 0 unspecified atom stereocenters. The fraction of sp³-hybridized carbons (Fsp3) is 0.133. The van der Waals surface area contributed by atoms with Crippen LogP contribution in [0.4, 0.5) is 11.4 Å². The maximum absolute atomic E-state index is 12.0. The summed E-state index contributed by atoms with van der Waals surface area (Å²) in [4.78, 5) is 22.4. The number of para-hydroxylation sites is 1. The van der Waals surface area contributed by atoms with E-state index in [1.807, 2.05) is 6.07 Å². The van der Waals surface area contributed by atoms with Crippen LogP contribution in [0.5, 0.6) is 0 Å². The van der Waals surface area contributed by atoms with Crippen LogP contribution >= 0.6 is 27.5 Å². The molecule has 23 heavy (non-hydrogen) atoms. The second-order valence-corrected chi connectivity index (χ2v) is 5.91. The average molecular weight is 399 g/mol. The molecule has 2 aromatic rings. The van der Waals surface area contributed by atoms with E-state index in [4.69, 9.17) is 11.6 Å². The number of carbonyl (C=O) groups excluding carboxylic acids is 1. The van der Waals surface area contributed by atoms with Gasteiger partial charge in [0.15, 0.2) is 0 Å². The molecule has 0 heterocycles. The van der Waals surface area contributed by atoms with Crippen LogP contribution in [0, 0.1) is 10.1 Å². The van der Waals surface area contributed by atoms with E-state index in [9.17, 15) is 14.9 Å². The molecule has 8 heteroatoms. The number of nitro benzene ring substituents is 1. The minimum absolute atomic E-state index is 0.101. The Balaban J connectivity index is 1.91. The highest BCUT2D eigenvalue weighted by atomic mass is 79.9. The molecule has 0 spiro atoms. The van der Waals surface area contributed by atoms with E-state index in [0.29, 0.717) is 18.7 Å². The van der Waals surface area contributed by atoms with Gasteiger partial charge in [0.1, 0.15) is 5.69 Å². The van der Waals surface area contributed by atoms with Gasteiger partial charge in [0.2, 0.25) is 0 Å². The van der Waals surface area contributed by atoms with Gasteiger partial charge >= 0.3 is 0 Å². The summed E-state index contributed by atoms with van der Waals surface area (Å²) in [5, 5.41) is 16.8. The molecule has 0 fully saturated rings. The van der Waals surface area contributed by atoms with Crippen LogP contribution in [-0.4, -0.2) is 23.9 Å². The molecule has 1 amide bonds. The fourth-order valence-corrected chi connectivity index (χ4v) is 2.57. The van der Waals surface area contributed by atoms with E-state index in [-0.39, 0.29) is 22.3 Å².